The summed E-state index contributed by atoms with van der Waals surface area (Å²) in [7, 11) is 0. The van der Waals surface area contributed by atoms with Crippen LogP contribution in [0.2, 0.25) is 0 Å². The Bertz CT molecular complexity index is 429. The largest absolute Gasteiger partial charge is 0.494 e. The minimum atomic E-state index is 0.0836. The van der Waals surface area contributed by atoms with Crippen LogP contribution in [0.15, 0.2) is 29.4 Å². The molecule has 0 saturated carbocycles. The van der Waals surface area contributed by atoms with Gasteiger partial charge in [-0.05, 0) is 42.5 Å². The predicted molar refractivity (Wildman–Crippen MR) is 88.6 cm³/mol. The van der Waals surface area contributed by atoms with Gasteiger partial charge in [0.05, 0.1) is 6.61 Å². The second-order valence-corrected chi connectivity index (χ2v) is 6.34. The molecule has 0 bridgehead atoms. The highest BCUT2D eigenvalue weighted by Gasteiger charge is 2.05. The van der Waals surface area contributed by atoms with Gasteiger partial charge in [-0.2, -0.15) is 0 Å². The molecule has 0 aliphatic heterocycles. The second-order valence-electron chi connectivity index (χ2n) is 5.98. The number of rotatable bonds is 9. The van der Waals surface area contributed by atoms with E-state index >= 15 is 0 Å². The van der Waals surface area contributed by atoms with E-state index in [1.165, 1.54) is 19.3 Å². The van der Waals surface area contributed by atoms with Gasteiger partial charge >= 0.3 is 0 Å². The minimum Gasteiger partial charge on any atom is -0.494 e. The van der Waals surface area contributed by atoms with E-state index in [1.807, 2.05) is 12.1 Å². The Morgan fingerprint density at radius 1 is 1.14 bits per heavy atom. The van der Waals surface area contributed by atoms with Crippen molar-refractivity contribution in [3.63, 3.8) is 0 Å². The summed E-state index contributed by atoms with van der Waals surface area (Å²) in [6.45, 7) is 7.55. The number of oxime groups is 1. The van der Waals surface area contributed by atoms with Gasteiger partial charge in [0.15, 0.2) is 5.17 Å². The van der Waals surface area contributed by atoms with Gasteiger partial charge in [0.25, 0.3) is 0 Å². The van der Waals surface area contributed by atoms with Crippen LogP contribution in [0.4, 0.5) is 0 Å². The van der Waals surface area contributed by atoms with Crippen molar-refractivity contribution in [1.82, 2.24) is 0 Å². The Hall–Kier alpha value is -1.22. The van der Waals surface area contributed by atoms with Gasteiger partial charge in [0.1, 0.15) is 5.75 Å². The minimum absolute atomic E-state index is 0.0836. The van der Waals surface area contributed by atoms with Crippen LogP contribution in [0.5, 0.6) is 5.75 Å². The third-order valence-electron chi connectivity index (χ3n) is 3.54. The van der Waals surface area contributed by atoms with Crippen LogP contribution in [-0.2, 0) is 0 Å². The van der Waals surface area contributed by atoms with E-state index in [-0.39, 0.29) is 5.17 Å². The first-order chi connectivity index (χ1) is 10.0. The Kier molecular flexibility index (Phi) is 8.21. The van der Waals surface area contributed by atoms with E-state index in [2.05, 4.69) is 25.9 Å². The smallest absolute Gasteiger partial charge is 0.175 e. The molecule has 0 heterocycles. The van der Waals surface area contributed by atoms with Crippen LogP contribution < -0.4 is 4.74 Å². The van der Waals surface area contributed by atoms with Gasteiger partial charge in [0.2, 0.25) is 0 Å². The number of ether oxygens (including phenoxy) is 1. The van der Waals surface area contributed by atoms with Crippen molar-refractivity contribution < 1.29 is 9.94 Å². The Labute approximate surface area is 133 Å². The SMILES string of the molecule is CC(C)CCC[C@H](C)CCOc1ccc(/C(Cl)=N\O)cc1. The molecule has 0 fully saturated rings. The quantitative estimate of drug-likeness (QED) is 0.382. The molecule has 0 unspecified atom stereocenters. The fraction of sp³-hybridized carbons (Fsp3) is 0.588. The highest BCUT2D eigenvalue weighted by molar-refractivity contribution is 6.69. The summed E-state index contributed by atoms with van der Waals surface area (Å²) in [5.41, 5.74) is 0.675. The molecule has 21 heavy (non-hydrogen) atoms. The Morgan fingerprint density at radius 3 is 2.38 bits per heavy atom. The summed E-state index contributed by atoms with van der Waals surface area (Å²) in [6.07, 6.45) is 4.94. The lowest BCUT2D eigenvalue weighted by Crippen LogP contribution is -2.05. The molecule has 1 N–H and O–H groups in total. The van der Waals surface area contributed by atoms with Crippen molar-refractivity contribution in [1.29, 1.82) is 0 Å². The normalized spacial score (nSPS) is 13.5. The molecular formula is C17H26ClNO2. The number of nitrogens with zero attached hydrogens (tertiary/aromatic N) is 1. The molecule has 1 aromatic carbocycles. The molecule has 1 aromatic rings. The summed E-state index contributed by atoms with van der Waals surface area (Å²) in [5.74, 6) is 2.30. The highest BCUT2D eigenvalue weighted by Crippen LogP contribution is 2.17. The standard InChI is InChI=1S/C17H26ClNO2/c1-13(2)5-4-6-14(3)11-12-21-16-9-7-15(8-10-16)17(18)19-20/h7-10,13-14,20H,4-6,11-12H2,1-3H3/b19-17+/t14-/m0/s1. The van der Waals surface area contributed by atoms with Crippen LogP contribution >= 0.6 is 11.6 Å². The summed E-state index contributed by atoms with van der Waals surface area (Å²) in [6, 6.07) is 7.24. The van der Waals surface area contributed by atoms with Gasteiger partial charge in [-0.1, -0.05) is 56.8 Å². The zero-order valence-electron chi connectivity index (χ0n) is 13.2. The highest BCUT2D eigenvalue weighted by atomic mass is 35.5. The molecule has 0 aliphatic rings. The second kappa shape index (κ2) is 9.67. The molecule has 0 aromatic heterocycles. The van der Waals surface area contributed by atoms with Gasteiger partial charge < -0.3 is 9.94 Å². The summed E-state index contributed by atoms with van der Waals surface area (Å²) in [5, 5.41) is 11.6. The molecule has 3 nitrogen and oxygen atoms in total. The molecule has 0 amide bonds. The number of hydrogen-bond donors (Lipinski definition) is 1. The van der Waals surface area contributed by atoms with E-state index in [0.29, 0.717) is 11.5 Å². The molecule has 1 atom stereocenters. The summed E-state index contributed by atoms with van der Waals surface area (Å²) >= 11 is 5.72. The van der Waals surface area contributed by atoms with Crippen molar-refractivity contribution in [3.8, 4) is 5.75 Å². The maximum atomic E-state index is 8.59. The molecule has 0 spiro atoms. The first kappa shape index (κ1) is 17.8. The van der Waals surface area contributed by atoms with Crippen molar-refractivity contribution in [3.05, 3.63) is 29.8 Å². The first-order valence-corrected chi connectivity index (χ1v) is 8.01. The van der Waals surface area contributed by atoms with E-state index in [1.54, 1.807) is 12.1 Å². The topological polar surface area (TPSA) is 41.8 Å². The number of halogens is 1. The van der Waals surface area contributed by atoms with Crippen molar-refractivity contribution in [2.45, 2.75) is 46.5 Å². The molecule has 0 aliphatic carbocycles. The van der Waals surface area contributed by atoms with Crippen LogP contribution in [0.3, 0.4) is 0 Å². The van der Waals surface area contributed by atoms with Gasteiger partial charge in [0, 0.05) is 5.56 Å². The maximum absolute atomic E-state index is 8.59. The van der Waals surface area contributed by atoms with Gasteiger partial charge in [-0.3, -0.25) is 0 Å². The first-order valence-electron chi connectivity index (χ1n) is 7.63. The van der Waals surface area contributed by atoms with Gasteiger partial charge in [-0.15, -0.1) is 0 Å². The number of hydrogen-bond acceptors (Lipinski definition) is 3. The monoisotopic (exact) mass is 311 g/mol. The Balaban J connectivity index is 2.26. The van der Waals surface area contributed by atoms with E-state index in [9.17, 15) is 0 Å². The van der Waals surface area contributed by atoms with E-state index in [0.717, 1.165) is 24.7 Å². The number of benzene rings is 1. The maximum Gasteiger partial charge on any atom is 0.175 e. The average molecular weight is 312 g/mol. The fourth-order valence-corrected chi connectivity index (χ4v) is 2.27. The van der Waals surface area contributed by atoms with Crippen LogP contribution in [-0.4, -0.2) is 17.0 Å². The lowest BCUT2D eigenvalue weighted by molar-refractivity contribution is 0.275. The third-order valence-corrected chi connectivity index (χ3v) is 3.83. The molecule has 4 heteroatoms. The third kappa shape index (κ3) is 7.37. The van der Waals surface area contributed by atoms with E-state index < -0.39 is 0 Å². The van der Waals surface area contributed by atoms with Crippen molar-refractivity contribution in [2.75, 3.05) is 6.61 Å². The Morgan fingerprint density at radius 2 is 1.81 bits per heavy atom. The molecule has 0 saturated heterocycles. The van der Waals surface area contributed by atoms with Crippen LogP contribution in [0, 0.1) is 11.8 Å². The zero-order chi connectivity index (χ0) is 15.7. The lowest BCUT2D eigenvalue weighted by Gasteiger charge is -2.13. The molecule has 1 rings (SSSR count). The van der Waals surface area contributed by atoms with Crippen LogP contribution in [0.25, 0.3) is 0 Å². The van der Waals surface area contributed by atoms with Crippen molar-refractivity contribution >= 4 is 16.8 Å². The molecular weight excluding hydrogens is 286 g/mol. The van der Waals surface area contributed by atoms with Crippen molar-refractivity contribution in [2.24, 2.45) is 17.0 Å². The summed E-state index contributed by atoms with van der Waals surface area (Å²) < 4.78 is 5.73. The van der Waals surface area contributed by atoms with E-state index in [4.69, 9.17) is 21.5 Å². The van der Waals surface area contributed by atoms with Crippen LogP contribution in [0.1, 0.15) is 52.0 Å². The fourth-order valence-electron chi connectivity index (χ4n) is 2.14. The van der Waals surface area contributed by atoms with Gasteiger partial charge in [-0.25, -0.2) is 0 Å². The zero-order valence-corrected chi connectivity index (χ0v) is 13.9. The predicted octanol–water partition coefficient (Wildman–Crippen LogP) is 5.29. The molecule has 0 radical (unpaired) electrons. The average Bonchev–Trinajstić information content (AvgIpc) is 2.46. The summed E-state index contributed by atoms with van der Waals surface area (Å²) in [4.78, 5) is 0. The molecule has 118 valence electrons. The lowest BCUT2D eigenvalue weighted by atomic mass is 9.98.